The minimum absolute atomic E-state index is 0.150. The zero-order chi connectivity index (χ0) is 12.2. The molecule has 0 aliphatic heterocycles. The maximum Gasteiger partial charge on any atom is 0.251 e. The van der Waals surface area contributed by atoms with Gasteiger partial charge in [0.2, 0.25) is 0 Å². The molecule has 4 nitrogen and oxygen atoms in total. The van der Waals surface area contributed by atoms with Crippen molar-refractivity contribution < 1.29 is 9.63 Å². The van der Waals surface area contributed by atoms with Gasteiger partial charge < -0.3 is 10.2 Å². The molecular formula is C11H15BrN2O2. The van der Waals surface area contributed by atoms with Crippen LogP contribution in [0.2, 0.25) is 0 Å². The van der Waals surface area contributed by atoms with Crippen LogP contribution in [0.1, 0.15) is 24.2 Å². The smallest absolute Gasteiger partial charge is 0.251 e. The zero-order valence-corrected chi connectivity index (χ0v) is 10.9. The van der Waals surface area contributed by atoms with Crippen LogP contribution < -0.4 is 11.2 Å². The van der Waals surface area contributed by atoms with Crippen LogP contribution in [-0.4, -0.2) is 18.1 Å². The van der Waals surface area contributed by atoms with Crippen LogP contribution in [0.5, 0.6) is 0 Å². The lowest BCUT2D eigenvalue weighted by atomic mass is 10.1. The van der Waals surface area contributed by atoms with Crippen molar-refractivity contribution in [2.45, 2.75) is 19.4 Å². The van der Waals surface area contributed by atoms with E-state index in [1.807, 2.05) is 26.0 Å². The van der Waals surface area contributed by atoms with Crippen LogP contribution in [0.15, 0.2) is 28.7 Å². The number of amides is 1. The number of nitrogens with one attached hydrogen (secondary N) is 1. The Kier molecular flexibility index (Phi) is 4.46. The van der Waals surface area contributed by atoms with Gasteiger partial charge >= 0.3 is 0 Å². The van der Waals surface area contributed by atoms with Crippen LogP contribution in [0.25, 0.3) is 0 Å². The highest BCUT2D eigenvalue weighted by Gasteiger charge is 2.21. The first-order chi connectivity index (χ1) is 7.44. The summed E-state index contributed by atoms with van der Waals surface area (Å²) >= 11 is 3.32. The molecule has 0 aliphatic carbocycles. The summed E-state index contributed by atoms with van der Waals surface area (Å²) in [5.41, 5.74) is 0.105. The number of hydrogen-bond acceptors (Lipinski definition) is 3. The average Bonchev–Trinajstić information content (AvgIpc) is 2.16. The summed E-state index contributed by atoms with van der Waals surface area (Å²) in [5.74, 6) is 4.84. The van der Waals surface area contributed by atoms with E-state index in [0.29, 0.717) is 5.56 Å². The lowest BCUT2D eigenvalue weighted by molar-refractivity contribution is 0.0687. The zero-order valence-electron chi connectivity index (χ0n) is 9.29. The van der Waals surface area contributed by atoms with Gasteiger partial charge in [0.25, 0.3) is 5.91 Å². The number of nitrogens with two attached hydrogens (primary N) is 1. The summed E-state index contributed by atoms with van der Waals surface area (Å²) in [4.78, 5) is 16.4. The van der Waals surface area contributed by atoms with Gasteiger partial charge in [0.15, 0.2) is 0 Å². The molecule has 5 heteroatoms. The van der Waals surface area contributed by atoms with Gasteiger partial charge in [-0.3, -0.25) is 4.79 Å². The van der Waals surface area contributed by atoms with Crippen LogP contribution >= 0.6 is 15.9 Å². The van der Waals surface area contributed by atoms with E-state index < -0.39 is 5.54 Å². The lowest BCUT2D eigenvalue weighted by Crippen LogP contribution is -2.47. The minimum Gasteiger partial charge on any atom is -0.345 e. The van der Waals surface area contributed by atoms with E-state index in [1.54, 1.807) is 12.1 Å². The third-order valence-corrected chi connectivity index (χ3v) is 2.48. The molecule has 0 spiro atoms. The van der Waals surface area contributed by atoms with Crippen molar-refractivity contribution in [2.24, 2.45) is 5.90 Å². The summed E-state index contributed by atoms with van der Waals surface area (Å²) in [6, 6.07) is 7.19. The molecule has 0 heterocycles. The molecule has 0 atom stereocenters. The third-order valence-electron chi connectivity index (χ3n) is 1.98. The Morgan fingerprint density at radius 1 is 1.56 bits per heavy atom. The molecule has 1 rings (SSSR count). The molecule has 0 saturated heterocycles. The van der Waals surface area contributed by atoms with E-state index in [2.05, 4.69) is 26.1 Å². The van der Waals surface area contributed by atoms with Crippen molar-refractivity contribution in [3.05, 3.63) is 34.3 Å². The first kappa shape index (κ1) is 13.2. The molecule has 0 fully saturated rings. The minimum atomic E-state index is -0.492. The summed E-state index contributed by atoms with van der Waals surface area (Å²) in [6.07, 6.45) is 0. The van der Waals surface area contributed by atoms with Gasteiger partial charge in [-0.1, -0.05) is 22.0 Å². The Morgan fingerprint density at radius 3 is 2.81 bits per heavy atom. The highest BCUT2D eigenvalue weighted by Crippen LogP contribution is 2.12. The number of carbonyl (C=O) groups excluding carboxylic acids is 1. The monoisotopic (exact) mass is 286 g/mol. The molecule has 0 aromatic heterocycles. The average molecular weight is 287 g/mol. The van der Waals surface area contributed by atoms with E-state index in [9.17, 15) is 4.79 Å². The first-order valence-electron chi connectivity index (χ1n) is 4.84. The normalized spacial score (nSPS) is 11.2. The van der Waals surface area contributed by atoms with Gasteiger partial charge in [-0.25, -0.2) is 5.90 Å². The van der Waals surface area contributed by atoms with Crippen molar-refractivity contribution in [1.29, 1.82) is 0 Å². The Bertz CT molecular complexity index is 380. The van der Waals surface area contributed by atoms with E-state index in [-0.39, 0.29) is 12.5 Å². The Hall–Kier alpha value is -0.910. The molecule has 1 amide bonds. The largest absolute Gasteiger partial charge is 0.345 e. The van der Waals surface area contributed by atoms with E-state index in [4.69, 9.17) is 5.90 Å². The summed E-state index contributed by atoms with van der Waals surface area (Å²) in [5, 5.41) is 2.84. The third kappa shape index (κ3) is 3.92. The van der Waals surface area contributed by atoms with Gasteiger partial charge in [-0.15, -0.1) is 0 Å². The maximum absolute atomic E-state index is 11.9. The Morgan fingerprint density at radius 2 is 2.25 bits per heavy atom. The van der Waals surface area contributed by atoms with Crippen molar-refractivity contribution >= 4 is 21.8 Å². The molecule has 16 heavy (non-hydrogen) atoms. The second kappa shape index (κ2) is 5.43. The molecule has 1 aromatic carbocycles. The van der Waals surface area contributed by atoms with Gasteiger partial charge in [0.1, 0.15) is 0 Å². The van der Waals surface area contributed by atoms with Crippen molar-refractivity contribution in [1.82, 2.24) is 5.32 Å². The summed E-state index contributed by atoms with van der Waals surface area (Å²) in [7, 11) is 0. The standard InChI is InChI=1S/C11H15BrN2O2/c1-11(2,7-16-13)14-10(15)8-4-3-5-9(12)6-8/h3-6H,7,13H2,1-2H3,(H,14,15). The molecule has 1 aromatic rings. The fraction of sp³-hybridized carbons (Fsp3) is 0.364. The highest BCUT2D eigenvalue weighted by molar-refractivity contribution is 9.10. The fourth-order valence-corrected chi connectivity index (χ4v) is 1.65. The number of benzene rings is 1. The van der Waals surface area contributed by atoms with Crippen molar-refractivity contribution in [2.75, 3.05) is 6.61 Å². The van der Waals surface area contributed by atoms with E-state index >= 15 is 0 Å². The fourth-order valence-electron chi connectivity index (χ4n) is 1.25. The van der Waals surface area contributed by atoms with Gasteiger partial charge in [-0.05, 0) is 32.0 Å². The molecule has 0 aliphatic rings. The molecule has 0 unspecified atom stereocenters. The predicted molar refractivity (Wildman–Crippen MR) is 65.8 cm³/mol. The molecule has 0 bridgehead atoms. The van der Waals surface area contributed by atoms with Gasteiger partial charge in [0, 0.05) is 10.0 Å². The van der Waals surface area contributed by atoms with Gasteiger partial charge in [-0.2, -0.15) is 0 Å². The van der Waals surface area contributed by atoms with Crippen LogP contribution in [0.3, 0.4) is 0 Å². The topological polar surface area (TPSA) is 64.3 Å². The molecular weight excluding hydrogens is 272 g/mol. The van der Waals surface area contributed by atoms with Crippen LogP contribution in [-0.2, 0) is 4.84 Å². The molecule has 0 saturated carbocycles. The van der Waals surface area contributed by atoms with Crippen LogP contribution in [0.4, 0.5) is 0 Å². The number of rotatable bonds is 4. The summed E-state index contributed by atoms with van der Waals surface area (Å²) < 4.78 is 0.869. The molecule has 0 radical (unpaired) electrons. The predicted octanol–water partition coefficient (Wildman–Crippen LogP) is 1.85. The van der Waals surface area contributed by atoms with Crippen molar-refractivity contribution in [3.8, 4) is 0 Å². The Balaban J connectivity index is 2.72. The van der Waals surface area contributed by atoms with Crippen molar-refractivity contribution in [3.63, 3.8) is 0 Å². The highest BCUT2D eigenvalue weighted by atomic mass is 79.9. The second-order valence-corrected chi connectivity index (χ2v) is 5.08. The van der Waals surface area contributed by atoms with E-state index in [1.165, 1.54) is 0 Å². The second-order valence-electron chi connectivity index (χ2n) is 4.16. The van der Waals surface area contributed by atoms with Crippen LogP contribution in [0, 0.1) is 0 Å². The van der Waals surface area contributed by atoms with Gasteiger partial charge in [0.05, 0.1) is 12.1 Å². The molecule has 88 valence electrons. The lowest BCUT2D eigenvalue weighted by Gasteiger charge is -2.24. The van der Waals surface area contributed by atoms with E-state index in [0.717, 1.165) is 4.47 Å². The summed E-state index contributed by atoms with van der Waals surface area (Å²) in [6.45, 7) is 3.94. The molecule has 3 N–H and O–H groups in total. The Labute approximate surface area is 103 Å². The quantitative estimate of drug-likeness (QED) is 0.831. The SMILES string of the molecule is CC(C)(CON)NC(=O)c1cccc(Br)c1. The maximum atomic E-state index is 11.9. The first-order valence-corrected chi connectivity index (χ1v) is 5.64. The number of halogens is 1. The number of hydrogen-bond donors (Lipinski definition) is 2. The number of carbonyl (C=O) groups is 1.